The zero-order valence-electron chi connectivity index (χ0n) is 15.1. The third-order valence-electron chi connectivity index (χ3n) is 4.41. The Morgan fingerprint density at radius 2 is 1.86 bits per heavy atom. The molecule has 9 heteroatoms. The topological polar surface area (TPSA) is 96.6 Å². The first-order valence-electron chi connectivity index (χ1n) is 8.44. The van der Waals surface area contributed by atoms with Gasteiger partial charge in [-0.2, -0.15) is 0 Å². The van der Waals surface area contributed by atoms with Crippen LogP contribution in [-0.4, -0.2) is 47.0 Å². The molecule has 29 heavy (non-hydrogen) atoms. The molecular weight excluding hydrogens is 447 g/mol. The van der Waals surface area contributed by atoms with Gasteiger partial charge in [0, 0.05) is 0 Å². The predicted octanol–water partition coefficient (Wildman–Crippen LogP) is 2.90. The minimum atomic E-state index is -1.16. The van der Waals surface area contributed by atoms with Crippen molar-refractivity contribution in [2.24, 2.45) is 0 Å². The van der Waals surface area contributed by atoms with E-state index in [1.54, 1.807) is 0 Å². The molecule has 0 fully saturated rings. The number of hydrogen-bond acceptors (Lipinski definition) is 4. The molecule has 0 saturated carbocycles. The van der Waals surface area contributed by atoms with Gasteiger partial charge < -0.3 is 0 Å². The zero-order chi connectivity index (χ0) is 21.3. The van der Waals surface area contributed by atoms with Crippen LogP contribution in [-0.2, 0) is 16.0 Å². The Hall–Kier alpha value is -2.99. The molecule has 2 N–H and O–H groups in total. The number of hydrogen-bond donors (Lipinski definition) is 2. The summed E-state index contributed by atoms with van der Waals surface area (Å²) in [6.45, 7) is 1.52. The molecule has 3 rings (SSSR count). The number of halogens is 2. The van der Waals surface area contributed by atoms with Crippen LogP contribution in [0.3, 0.4) is 0 Å². The number of nitrogens with zero attached hydrogens (tertiary/aromatic N) is 1. The molecule has 0 aliphatic heterocycles. The summed E-state index contributed by atoms with van der Waals surface area (Å²) >= 11 is -1.16. The predicted molar refractivity (Wildman–Crippen MR) is 101 cm³/mol. The number of rotatable bonds is 6. The van der Waals surface area contributed by atoms with E-state index >= 15 is 0 Å². The summed E-state index contributed by atoms with van der Waals surface area (Å²) in [7, 11) is 0. The van der Waals surface area contributed by atoms with Crippen LogP contribution in [0, 0.1) is 18.6 Å². The van der Waals surface area contributed by atoms with E-state index < -0.39 is 45.0 Å². The van der Waals surface area contributed by atoms with Gasteiger partial charge in [0.25, 0.3) is 0 Å². The van der Waals surface area contributed by atoms with Crippen LogP contribution in [0.1, 0.15) is 21.6 Å². The number of phenols is 1. The molecule has 0 aliphatic carbocycles. The molecule has 0 bridgehead atoms. The average molecular weight is 462 g/mol. The Morgan fingerprint density at radius 1 is 1.14 bits per heavy atom. The average Bonchev–Trinajstić information content (AvgIpc) is 2.94. The fourth-order valence-corrected chi connectivity index (χ4v) is 4.34. The summed E-state index contributed by atoms with van der Waals surface area (Å²) in [5, 5.41) is 18.2. The first kappa shape index (κ1) is 20.7. The van der Waals surface area contributed by atoms with E-state index in [4.69, 9.17) is 5.11 Å². The molecule has 1 heterocycles. The second-order valence-corrected chi connectivity index (χ2v) is 8.66. The number of phenolic OH excluding ortho intramolecular Hbond substituents is 1. The Labute approximate surface area is 170 Å². The molecule has 0 spiro atoms. The molecule has 6 nitrogen and oxygen atoms in total. The van der Waals surface area contributed by atoms with Crippen molar-refractivity contribution in [3.8, 4) is 5.75 Å². The Balaban J connectivity index is 2.15. The van der Waals surface area contributed by atoms with Crippen molar-refractivity contribution < 1.29 is 33.4 Å². The van der Waals surface area contributed by atoms with Gasteiger partial charge in [-0.25, -0.2) is 0 Å². The SMILES string of the molecule is Cc1c(CC(=O)[As]CC(=O)O)c2c(F)c(O)ccc2n1C(=O)c1cccc(F)c1. The quantitative estimate of drug-likeness (QED) is 0.550. The molecule has 2 aromatic carbocycles. The van der Waals surface area contributed by atoms with Crippen molar-refractivity contribution in [2.45, 2.75) is 18.6 Å². The number of benzene rings is 2. The van der Waals surface area contributed by atoms with Crippen LogP contribution < -0.4 is 0 Å². The van der Waals surface area contributed by atoms with E-state index in [0.717, 1.165) is 12.1 Å². The Morgan fingerprint density at radius 3 is 2.52 bits per heavy atom. The van der Waals surface area contributed by atoms with Crippen molar-refractivity contribution in [1.29, 1.82) is 0 Å². The second kappa shape index (κ2) is 8.17. The number of aromatic hydroxyl groups is 1. The van der Waals surface area contributed by atoms with Gasteiger partial charge in [-0.15, -0.1) is 0 Å². The molecule has 3 aromatic rings. The van der Waals surface area contributed by atoms with Gasteiger partial charge in [0.15, 0.2) is 0 Å². The normalized spacial score (nSPS) is 11.4. The van der Waals surface area contributed by atoms with Crippen molar-refractivity contribution >= 4 is 43.1 Å². The summed E-state index contributed by atoms with van der Waals surface area (Å²) < 4.78 is 29.1. The summed E-state index contributed by atoms with van der Waals surface area (Å²) in [4.78, 5) is 36.0. The first-order chi connectivity index (χ1) is 13.7. The molecule has 149 valence electrons. The van der Waals surface area contributed by atoms with Crippen molar-refractivity contribution in [1.82, 2.24) is 4.57 Å². The molecule has 0 unspecified atom stereocenters. The first-order valence-corrected chi connectivity index (χ1v) is 10.7. The van der Waals surface area contributed by atoms with Gasteiger partial charge in [-0.05, 0) is 0 Å². The van der Waals surface area contributed by atoms with E-state index in [0.29, 0.717) is 0 Å². The van der Waals surface area contributed by atoms with Crippen LogP contribution in [0.5, 0.6) is 5.75 Å². The number of aromatic nitrogens is 1. The number of aliphatic carboxylic acids is 1. The summed E-state index contributed by atoms with van der Waals surface area (Å²) in [5.74, 6) is -3.94. The third kappa shape index (κ3) is 4.07. The fourth-order valence-electron chi connectivity index (χ4n) is 3.12. The summed E-state index contributed by atoms with van der Waals surface area (Å²) in [6, 6.07) is 7.45. The van der Waals surface area contributed by atoms with Gasteiger partial charge in [-0.3, -0.25) is 0 Å². The molecule has 0 saturated heterocycles. The number of carboxylic acids is 1. The van der Waals surface area contributed by atoms with Crippen LogP contribution >= 0.6 is 0 Å². The number of carbonyl (C=O) groups is 3. The van der Waals surface area contributed by atoms with Gasteiger partial charge >= 0.3 is 170 Å². The van der Waals surface area contributed by atoms with E-state index in [1.807, 2.05) is 0 Å². The van der Waals surface area contributed by atoms with Crippen molar-refractivity contribution in [3.05, 3.63) is 64.9 Å². The Bertz CT molecular complexity index is 1160. The van der Waals surface area contributed by atoms with Crippen LogP contribution in [0.15, 0.2) is 36.4 Å². The van der Waals surface area contributed by atoms with Gasteiger partial charge in [0.2, 0.25) is 0 Å². The Kier molecular flexibility index (Phi) is 5.84. The molecule has 1 radical (unpaired) electrons. The van der Waals surface area contributed by atoms with Gasteiger partial charge in [0.05, 0.1) is 0 Å². The number of carbonyl (C=O) groups excluding carboxylic acids is 2. The molecular formula is C20H15AsF2NO5. The minimum absolute atomic E-state index is 0.0357. The van der Waals surface area contributed by atoms with Crippen LogP contribution in [0.4, 0.5) is 8.78 Å². The third-order valence-corrected chi connectivity index (χ3v) is 6.38. The number of carboxylic acid groups (broad SMARTS) is 1. The van der Waals surface area contributed by atoms with Gasteiger partial charge in [-0.1, -0.05) is 0 Å². The zero-order valence-corrected chi connectivity index (χ0v) is 17.0. The maximum atomic E-state index is 14.7. The van der Waals surface area contributed by atoms with E-state index in [1.165, 1.54) is 35.8 Å². The molecule has 0 atom stereocenters. The maximum absolute atomic E-state index is 14.7. The molecule has 1 aromatic heterocycles. The molecule has 0 amide bonds. The van der Waals surface area contributed by atoms with E-state index in [2.05, 4.69) is 0 Å². The van der Waals surface area contributed by atoms with Crippen molar-refractivity contribution in [3.63, 3.8) is 0 Å². The van der Waals surface area contributed by atoms with E-state index in [9.17, 15) is 28.3 Å². The standard InChI is InChI=1S/C20H15AsF2NO5/c1-10-13(8-16(26)21-9-17(27)28)18-14(5-6-15(25)19(18)23)24(10)20(29)11-3-2-4-12(22)7-11/h2-7,25H,8-9H2,1H3,(H,27,28). The monoisotopic (exact) mass is 462 g/mol. The summed E-state index contributed by atoms with van der Waals surface area (Å²) in [5.41, 5.74) is 0.630. The van der Waals surface area contributed by atoms with E-state index in [-0.39, 0.29) is 43.9 Å². The number of fused-ring (bicyclic) bond motifs is 1. The van der Waals surface area contributed by atoms with Crippen molar-refractivity contribution in [2.75, 3.05) is 0 Å². The second-order valence-electron chi connectivity index (χ2n) is 6.29. The van der Waals surface area contributed by atoms with Gasteiger partial charge in [0.1, 0.15) is 0 Å². The van der Waals surface area contributed by atoms with Crippen LogP contribution in [0.2, 0.25) is 5.21 Å². The van der Waals surface area contributed by atoms with Crippen LogP contribution in [0.25, 0.3) is 10.9 Å². The fraction of sp³-hybridized carbons (Fsp3) is 0.150. The summed E-state index contributed by atoms with van der Waals surface area (Å²) in [6.07, 6.45) is -0.264. The molecule has 0 aliphatic rings.